The molecule has 168 valence electrons. The molecule has 1 amide bonds. The first kappa shape index (κ1) is 23.2. The molecule has 1 atom stereocenters. The van der Waals surface area contributed by atoms with Crippen molar-refractivity contribution < 1.29 is 19.0 Å². The fraction of sp³-hybridized carbons (Fsp3) is 0.458. The number of hydrogen-bond acceptors (Lipinski definition) is 6. The van der Waals surface area contributed by atoms with Gasteiger partial charge in [0, 0.05) is 17.5 Å². The second-order valence-electron chi connectivity index (χ2n) is 7.79. The smallest absolute Gasteiger partial charge is 0.244 e. The van der Waals surface area contributed by atoms with E-state index in [1.807, 2.05) is 12.1 Å². The van der Waals surface area contributed by atoms with Crippen LogP contribution >= 0.6 is 11.3 Å². The third kappa shape index (κ3) is 6.02. The number of piperidine rings is 1. The van der Waals surface area contributed by atoms with Crippen LogP contribution in [-0.2, 0) is 4.79 Å². The summed E-state index contributed by atoms with van der Waals surface area (Å²) in [5, 5.41) is 5.18. The summed E-state index contributed by atoms with van der Waals surface area (Å²) >= 11 is 1.75. The number of carbonyl (C=O) groups is 1. The van der Waals surface area contributed by atoms with Gasteiger partial charge in [0.1, 0.15) is 0 Å². The summed E-state index contributed by atoms with van der Waals surface area (Å²) in [5.41, 5.74) is 0.796. The Hall–Kier alpha value is -2.51. The second-order valence-corrected chi connectivity index (χ2v) is 8.77. The van der Waals surface area contributed by atoms with Crippen LogP contribution in [0.1, 0.15) is 36.2 Å². The van der Waals surface area contributed by atoms with Crippen LogP contribution in [0.2, 0.25) is 0 Å². The summed E-state index contributed by atoms with van der Waals surface area (Å²) in [6.07, 6.45) is 5.71. The number of likely N-dealkylation sites (tertiary alicyclic amines) is 1. The molecule has 7 heteroatoms. The topological polar surface area (TPSA) is 60.0 Å². The molecule has 1 unspecified atom stereocenters. The predicted molar refractivity (Wildman–Crippen MR) is 125 cm³/mol. The minimum atomic E-state index is -0.124. The minimum Gasteiger partial charge on any atom is -0.493 e. The zero-order valence-electron chi connectivity index (χ0n) is 18.7. The largest absolute Gasteiger partial charge is 0.493 e. The molecule has 0 spiro atoms. The number of nitrogens with one attached hydrogen (secondary N) is 1. The fourth-order valence-corrected chi connectivity index (χ4v) is 4.72. The molecule has 6 nitrogen and oxygen atoms in total. The van der Waals surface area contributed by atoms with Gasteiger partial charge in [0.2, 0.25) is 11.7 Å². The van der Waals surface area contributed by atoms with Crippen LogP contribution in [0.3, 0.4) is 0 Å². The molecule has 0 aliphatic carbocycles. The molecule has 1 N–H and O–H groups in total. The number of nitrogens with zero attached hydrogens (tertiary/aromatic N) is 1. The first-order valence-corrected chi connectivity index (χ1v) is 11.5. The summed E-state index contributed by atoms with van der Waals surface area (Å²) in [7, 11) is 4.71. The molecule has 0 saturated carbocycles. The van der Waals surface area contributed by atoms with E-state index in [1.54, 1.807) is 44.8 Å². The molecule has 0 bridgehead atoms. The van der Waals surface area contributed by atoms with Gasteiger partial charge < -0.3 is 19.5 Å². The molecule has 1 saturated heterocycles. The molecule has 2 aromatic rings. The third-order valence-electron chi connectivity index (χ3n) is 5.71. The Morgan fingerprint density at radius 2 is 1.87 bits per heavy atom. The van der Waals surface area contributed by atoms with E-state index >= 15 is 0 Å². The molecule has 1 fully saturated rings. The maximum absolute atomic E-state index is 12.6. The Labute approximate surface area is 188 Å². The van der Waals surface area contributed by atoms with Crippen molar-refractivity contribution in [3.05, 3.63) is 46.2 Å². The molecule has 1 aromatic carbocycles. The second kappa shape index (κ2) is 11.2. The Morgan fingerprint density at radius 3 is 2.42 bits per heavy atom. The fourth-order valence-electron chi connectivity index (χ4n) is 3.86. The first-order chi connectivity index (χ1) is 15.0. The lowest BCUT2D eigenvalue weighted by Crippen LogP contribution is -2.41. The van der Waals surface area contributed by atoms with E-state index in [-0.39, 0.29) is 11.9 Å². The van der Waals surface area contributed by atoms with E-state index in [2.05, 4.69) is 34.7 Å². The molecule has 3 rings (SSSR count). The van der Waals surface area contributed by atoms with E-state index < -0.39 is 0 Å². The standard InChI is InChI=1S/C24H32N2O4S/c1-17-9-11-26(12-10-17)19(22-6-5-13-31-22)16-25-23(27)8-7-18-14-20(28-2)24(30-4)21(15-18)29-3/h5-8,13-15,17,19H,9-12,16H2,1-4H3,(H,25,27)/b8-7+. The Bertz CT molecular complexity index is 849. The summed E-state index contributed by atoms with van der Waals surface area (Å²) in [4.78, 5) is 16.3. The molecule has 1 aliphatic rings. The molecule has 1 aromatic heterocycles. The van der Waals surface area contributed by atoms with Gasteiger partial charge in [0.05, 0.1) is 27.4 Å². The minimum absolute atomic E-state index is 0.124. The number of ether oxygens (including phenoxy) is 3. The van der Waals surface area contributed by atoms with E-state index in [9.17, 15) is 4.79 Å². The molecule has 2 heterocycles. The van der Waals surface area contributed by atoms with E-state index in [0.717, 1.165) is 24.6 Å². The van der Waals surface area contributed by atoms with Gasteiger partial charge in [-0.2, -0.15) is 0 Å². The lowest BCUT2D eigenvalue weighted by molar-refractivity contribution is -0.116. The van der Waals surface area contributed by atoms with Crippen LogP contribution in [0.4, 0.5) is 0 Å². The van der Waals surface area contributed by atoms with Gasteiger partial charge in [0.25, 0.3) is 0 Å². The monoisotopic (exact) mass is 444 g/mol. The third-order valence-corrected chi connectivity index (χ3v) is 6.69. The average Bonchev–Trinajstić information content (AvgIpc) is 3.32. The van der Waals surface area contributed by atoms with Gasteiger partial charge in [-0.15, -0.1) is 11.3 Å². The van der Waals surface area contributed by atoms with Gasteiger partial charge >= 0.3 is 0 Å². The number of thiophene rings is 1. The normalized spacial score (nSPS) is 16.3. The van der Waals surface area contributed by atoms with Crippen LogP contribution in [0.25, 0.3) is 6.08 Å². The van der Waals surface area contributed by atoms with E-state index in [4.69, 9.17) is 14.2 Å². The lowest BCUT2D eigenvalue weighted by atomic mass is 9.97. The van der Waals surface area contributed by atoms with Crippen molar-refractivity contribution in [2.24, 2.45) is 5.92 Å². The summed E-state index contributed by atoms with van der Waals surface area (Å²) in [5.74, 6) is 2.29. The highest BCUT2D eigenvalue weighted by Gasteiger charge is 2.25. The Kier molecular flexibility index (Phi) is 8.37. The number of methoxy groups -OCH3 is 3. The summed E-state index contributed by atoms with van der Waals surface area (Å²) in [6.45, 7) is 5.04. The quantitative estimate of drug-likeness (QED) is 0.582. The van der Waals surface area contributed by atoms with Crippen molar-refractivity contribution in [3.8, 4) is 17.2 Å². The lowest BCUT2D eigenvalue weighted by Gasteiger charge is -2.36. The summed E-state index contributed by atoms with van der Waals surface area (Å²) < 4.78 is 16.1. The maximum Gasteiger partial charge on any atom is 0.244 e. The zero-order valence-corrected chi connectivity index (χ0v) is 19.5. The highest BCUT2D eigenvalue weighted by molar-refractivity contribution is 7.10. The maximum atomic E-state index is 12.6. The van der Waals surface area contributed by atoms with Crippen molar-refractivity contribution in [2.75, 3.05) is 41.0 Å². The van der Waals surface area contributed by atoms with Crippen molar-refractivity contribution in [1.29, 1.82) is 0 Å². The van der Waals surface area contributed by atoms with Crippen molar-refractivity contribution in [3.63, 3.8) is 0 Å². The van der Waals surface area contributed by atoms with Gasteiger partial charge in [-0.1, -0.05) is 13.0 Å². The van der Waals surface area contributed by atoms with Gasteiger partial charge in [-0.3, -0.25) is 9.69 Å². The molecule has 31 heavy (non-hydrogen) atoms. The van der Waals surface area contributed by atoms with Crippen molar-refractivity contribution in [1.82, 2.24) is 10.2 Å². The van der Waals surface area contributed by atoms with Crippen LogP contribution in [0.15, 0.2) is 35.7 Å². The molecule has 1 aliphatic heterocycles. The average molecular weight is 445 g/mol. The number of carbonyl (C=O) groups excluding carboxylic acids is 1. The SMILES string of the molecule is COc1cc(/C=C/C(=O)NCC(c2cccs2)N2CCC(C)CC2)cc(OC)c1OC. The highest BCUT2D eigenvalue weighted by Crippen LogP contribution is 2.38. The van der Waals surface area contributed by atoms with E-state index in [1.165, 1.54) is 17.7 Å². The summed E-state index contributed by atoms with van der Waals surface area (Å²) in [6, 6.07) is 8.08. The van der Waals surface area contributed by atoms with Crippen molar-refractivity contribution >= 4 is 23.3 Å². The highest BCUT2D eigenvalue weighted by atomic mass is 32.1. The van der Waals surface area contributed by atoms with Crippen LogP contribution in [0.5, 0.6) is 17.2 Å². The van der Waals surface area contributed by atoms with Crippen molar-refractivity contribution in [2.45, 2.75) is 25.8 Å². The zero-order chi connectivity index (χ0) is 22.2. The Balaban J connectivity index is 1.66. The van der Waals surface area contributed by atoms with Crippen LogP contribution < -0.4 is 19.5 Å². The van der Waals surface area contributed by atoms with E-state index in [0.29, 0.717) is 23.8 Å². The Morgan fingerprint density at radius 1 is 1.19 bits per heavy atom. The number of amides is 1. The molecular weight excluding hydrogens is 412 g/mol. The molecular formula is C24H32N2O4S. The molecule has 0 radical (unpaired) electrons. The van der Waals surface area contributed by atoms with Gasteiger partial charge in [0.15, 0.2) is 11.5 Å². The van der Waals surface area contributed by atoms with Crippen LogP contribution in [-0.4, -0.2) is 51.8 Å². The number of benzene rings is 1. The van der Waals surface area contributed by atoms with Crippen LogP contribution in [0, 0.1) is 5.92 Å². The first-order valence-electron chi connectivity index (χ1n) is 10.6. The predicted octanol–water partition coefficient (Wildman–Crippen LogP) is 4.38. The van der Waals surface area contributed by atoms with Gasteiger partial charge in [-0.25, -0.2) is 0 Å². The number of rotatable bonds is 9. The van der Waals surface area contributed by atoms with Gasteiger partial charge in [-0.05, 0) is 67.1 Å². The number of hydrogen-bond donors (Lipinski definition) is 1.